The van der Waals surface area contributed by atoms with E-state index in [2.05, 4.69) is 26.3 Å². The van der Waals surface area contributed by atoms with Gasteiger partial charge in [0.2, 0.25) is 0 Å². The summed E-state index contributed by atoms with van der Waals surface area (Å²) >= 11 is 0. The molecule has 236 valence electrons. The SMILES string of the molecule is C=CC.C=CC.C=CC(=O)OCC(C)OCC(C)OCC(C)OC(=O)C=C.CC(O)COC(C)COC(C)CO. The Kier molecular flexibility index (Phi) is 36.7. The third-order valence-electron chi connectivity index (χ3n) is 3.84. The summed E-state index contributed by atoms with van der Waals surface area (Å²) in [4.78, 5) is 21.8. The second-order valence-electron chi connectivity index (χ2n) is 8.71. The van der Waals surface area contributed by atoms with Crippen molar-refractivity contribution in [1.82, 2.24) is 0 Å². The quantitative estimate of drug-likeness (QED) is 0.139. The Morgan fingerprint density at radius 3 is 1.35 bits per heavy atom. The van der Waals surface area contributed by atoms with E-state index in [1.165, 1.54) is 0 Å². The fourth-order valence-corrected chi connectivity index (χ4v) is 1.94. The van der Waals surface area contributed by atoms with Gasteiger partial charge in [0.25, 0.3) is 0 Å². The minimum Gasteiger partial charge on any atom is -0.460 e. The van der Waals surface area contributed by atoms with E-state index in [-0.39, 0.29) is 50.3 Å². The zero-order valence-electron chi connectivity index (χ0n) is 26.0. The predicted molar refractivity (Wildman–Crippen MR) is 159 cm³/mol. The van der Waals surface area contributed by atoms with Gasteiger partial charge < -0.3 is 38.6 Å². The second-order valence-corrected chi connectivity index (χ2v) is 8.71. The fourth-order valence-electron chi connectivity index (χ4n) is 1.94. The number of ether oxygens (including phenoxy) is 6. The summed E-state index contributed by atoms with van der Waals surface area (Å²) in [5.74, 6) is -0.958. The topological polar surface area (TPSA) is 130 Å². The van der Waals surface area contributed by atoms with E-state index in [9.17, 15) is 9.59 Å². The first-order chi connectivity index (χ1) is 18.8. The molecule has 0 rings (SSSR count). The summed E-state index contributed by atoms with van der Waals surface area (Å²) in [6.07, 6.45) is 4.28. The summed E-state index contributed by atoms with van der Waals surface area (Å²) in [6.45, 7) is 29.3. The average molecular weight is 577 g/mol. The zero-order chi connectivity index (χ0) is 31.9. The average Bonchev–Trinajstić information content (AvgIpc) is 2.92. The maximum atomic E-state index is 11.0. The molecule has 10 nitrogen and oxygen atoms in total. The Labute approximate surface area is 242 Å². The van der Waals surface area contributed by atoms with Gasteiger partial charge in [0.15, 0.2) is 0 Å². The summed E-state index contributed by atoms with van der Waals surface area (Å²) in [7, 11) is 0. The Hall–Kier alpha value is -2.34. The number of carbonyl (C=O) groups is 2. The van der Waals surface area contributed by atoms with Crippen molar-refractivity contribution in [3.05, 3.63) is 50.6 Å². The summed E-state index contributed by atoms with van der Waals surface area (Å²) < 4.78 is 31.2. The van der Waals surface area contributed by atoms with Gasteiger partial charge in [-0.2, -0.15) is 0 Å². The number of esters is 2. The molecule has 6 atom stereocenters. The summed E-state index contributed by atoms with van der Waals surface area (Å²) in [5.41, 5.74) is 0. The van der Waals surface area contributed by atoms with Gasteiger partial charge in [0.1, 0.15) is 12.7 Å². The lowest BCUT2D eigenvalue weighted by Crippen LogP contribution is -2.27. The molecule has 0 saturated carbocycles. The van der Waals surface area contributed by atoms with E-state index >= 15 is 0 Å². The molecule has 0 saturated heterocycles. The maximum absolute atomic E-state index is 11.0. The number of carbonyl (C=O) groups excluding carboxylic acids is 2. The monoisotopic (exact) mass is 576 g/mol. The van der Waals surface area contributed by atoms with Crippen LogP contribution in [0.15, 0.2) is 50.6 Å². The van der Waals surface area contributed by atoms with E-state index in [0.717, 1.165) is 12.2 Å². The van der Waals surface area contributed by atoms with E-state index in [4.69, 9.17) is 38.6 Å². The van der Waals surface area contributed by atoms with Crippen LogP contribution in [0.25, 0.3) is 0 Å². The van der Waals surface area contributed by atoms with Crippen molar-refractivity contribution in [2.45, 2.75) is 92.0 Å². The molecule has 0 aromatic heterocycles. The highest BCUT2D eigenvalue weighted by molar-refractivity contribution is 5.81. The number of rotatable bonds is 18. The second kappa shape index (κ2) is 32.9. The maximum Gasteiger partial charge on any atom is 0.330 e. The molecule has 0 aromatic rings. The van der Waals surface area contributed by atoms with Crippen molar-refractivity contribution < 1.29 is 48.2 Å². The lowest BCUT2D eigenvalue weighted by molar-refractivity contribution is -0.148. The lowest BCUT2D eigenvalue weighted by Gasteiger charge is -2.19. The molecule has 0 bridgehead atoms. The van der Waals surface area contributed by atoms with Crippen molar-refractivity contribution in [2.75, 3.05) is 39.6 Å². The Balaban J connectivity index is -0.000000289. The van der Waals surface area contributed by atoms with Gasteiger partial charge in [0.05, 0.1) is 63.6 Å². The molecular weight excluding hydrogens is 520 g/mol. The van der Waals surface area contributed by atoms with E-state index < -0.39 is 18.0 Å². The lowest BCUT2D eigenvalue weighted by atomic mass is 10.4. The number of hydrogen-bond acceptors (Lipinski definition) is 10. The first kappa shape index (κ1) is 44.7. The molecule has 0 radical (unpaired) electrons. The highest BCUT2D eigenvalue weighted by Gasteiger charge is 2.12. The van der Waals surface area contributed by atoms with Crippen LogP contribution < -0.4 is 0 Å². The molecule has 10 heteroatoms. The van der Waals surface area contributed by atoms with Crippen molar-refractivity contribution in [2.24, 2.45) is 0 Å². The van der Waals surface area contributed by atoms with Gasteiger partial charge in [0, 0.05) is 12.2 Å². The summed E-state index contributed by atoms with van der Waals surface area (Å²) in [5, 5.41) is 17.6. The molecule has 2 N–H and O–H groups in total. The molecule has 6 unspecified atom stereocenters. The van der Waals surface area contributed by atoms with Crippen LogP contribution in [0.2, 0.25) is 0 Å². The largest absolute Gasteiger partial charge is 0.460 e. The van der Waals surface area contributed by atoms with Gasteiger partial charge in [-0.25, -0.2) is 9.59 Å². The van der Waals surface area contributed by atoms with Crippen molar-refractivity contribution >= 4 is 11.9 Å². The van der Waals surface area contributed by atoms with Crippen LogP contribution in [-0.2, 0) is 38.0 Å². The molecule has 0 aliphatic rings. The first-order valence-electron chi connectivity index (χ1n) is 13.3. The Morgan fingerprint density at radius 1 is 0.625 bits per heavy atom. The minimum atomic E-state index is -0.479. The molecule has 0 aliphatic heterocycles. The molecule has 0 heterocycles. The van der Waals surface area contributed by atoms with E-state index in [0.29, 0.717) is 19.8 Å². The van der Waals surface area contributed by atoms with Gasteiger partial charge in [-0.05, 0) is 55.4 Å². The first-order valence-corrected chi connectivity index (χ1v) is 13.3. The molecule has 0 aliphatic carbocycles. The molecule has 0 fully saturated rings. The van der Waals surface area contributed by atoms with Crippen molar-refractivity contribution in [1.29, 1.82) is 0 Å². The van der Waals surface area contributed by atoms with Gasteiger partial charge >= 0.3 is 11.9 Å². The van der Waals surface area contributed by atoms with Crippen LogP contribution in [0.1, 0.15) is 55.4 Å². The van der Waals surface area contributed by atoms with Gasteiger partial charge in [-0.1, -0.05) is 25.3 Å². The van der Waals surface area contributed by atoms with Crippen molar-refractivity contribution in [3.63, 3.8) is 0 Å². The zero-order valence-corrected chi connectivity index (χ0v) is 26.0. The van der Waals surface area contributed by atoms with Crippen LogP contribution in [0, 0.1) is 0 Å². The molecule has 0 spiro atoms. The van der Waals surface area contributed by atoms with Crippen LogP contribution in [-0.4, -0.2) is 98.4 Å². The van der Waals surface area contributed by atoms with Crippen molar-refractivity contribution in [3.8, 4) is 0 Å². The molecule has 0 amide bonds. The third-order valence-corrected chi connectivity index (χ3v) is 3.84. The van der Waals surface area contributed by atoms with Crippen LogP contribution in [0.4, 0.5) is 0 Å². The predicted octanol–water partition coefficient (Wildman–Crippen LogP) is 4.20. The standard InChI is InChI=1S/C15H24O6.C9H20O4.2C3H6/c1-6-14(16)20-9-12(4)18-8-11(3)19-10-13(5)21-15(17)7-2;1-7(11)5-12-9(3)6-13-8(2)4-10;2*1-3-2/h6-7,11-13H,1-2,8-10H2,3-5H3;7-11H,4-6H2,1-3H3;2*3H,1H2,2H3. The Bertz CT molecular complexity index is 630. The minimum absolute atomic E-state index is 0.0170. The van der Waals surface area contributed by atoms with Crippen LogP contribution in [0.5, 0.6) is 0 Å². The van der Waals surface area contributed by atoms with Crippen LogP contribution >= 0.6 is 0 Å². The number of aliphatic hydroxyl groups excluding tert-OH is 2. The van der Waals surface area contributed by atoms with Gasteiger partial charge in [-0.15, -0.1) is 13.2 Å². The highest BCUT2D eigenvalue weighted by Crippen LogP contribution is 2.01. The number of aliphatic hydroxyl groups is 2. The molecule has 0 aromatic carbocycles. The molecular formula is C30H56O10. The highest BCUT2D eigenvalue weighted by atomic mass is 16.6. The van der Waals surface area contributed by atoms with Gasteiger partial charge in [-0.3, -0.25) is 0 Å². The van der Waals surface area contributed by atoms with Crippen LogP contribution in [0.3, 0.4) is 0 Å². The summed E-state index contributed by atoms with van der Waals surface area (Å²) in [6, 6.07) is 0. The van der Waals surface area contributed by atoms with E-state index in [1.807, 2.05) is 27.7 Å². The fraction of sp³-hybridized carbons (Fsp3) is 0.667. The smallest absolute Gasteiger partial charge is 0.330 e. The normalized spacial score (nSPS) is 14.2. The molecule has 40 heavy (non-hydrogen) atoms. The van der Waals surface area contributed by atoms with E-state index in [1.54, 1.807) is 39.8 Å². The number of hydrogen-bond donors (Lipinski definition) is 2. The third kappa shape index (κ3) is 40.2. The Morgan fingerprint density at radius 2 is 0.975 bits per heavy atom. The number of allylic oxidation sites excluding steroid dienone is 2.